The lowest BCUT2D eigenvalue weighted by Crippen LogP contribution is -2.45. The van der Waals surface area contributed by atoms with E-state index in [4.69, 9.17) is 10.2 Å². The molecule has 0 atom stereocenters. The number of carbonyl (C=O) groups excluding carboxylic acids is 1. The molecule has 122 valence electrons. The fraction of sp³-hybridized carbons (Fsp3) is 0.471. The first kappa shape index (κ1) is 18.5. The molecule has 2 aromatic rings. The number of rotatable bonds is 7. The third kappa shape index (κ3) is 3.81. The fourth-order valence-electron chi connectivity index (χ4n) is 2.60. The molecule has 1 heterocycles. The standard InChI is InChI=1S/C17H24N2O2.ClH/c1-3-17(4-2,12-18)16(20)19-10-9-14-11-13-7-5-6-8-15(13)21-14;/h5-8,11H,3-4,9-10,12,18H2,1-2H3,(H,19,20);1H. The molecular weight excluding hydrogens is 300 g/mol. The average Bonchev–Trinajstić information content (AvgIpc) is 2.92. The van der Waals surface area contributed by atoms with Crippen LogP contribution in [0.1, 0.15) is 32.4 Å². The molecule has 0 aliphatic heterocycles. The number of halogens is 1. The van der Waals surface area contributed by atoms with Gasteiger partial charge in [-0.3, -0.25) is 4.79 Å². The largest absolute Gasteiger partial charge is 0.461 e. The summed E-state index contributed by atoms with van der Waals surface area (Å²) >= 11 is 0. The van der Waals surface area contributed by atoms with Crippen LogP contribution in [0.15, 0.2) is 34.7 Å². The number of amides is 1. The second-order valence-corrected chi connectivity index (χ2v) is 5.45. The minimum Gasteiger partial charge on any atom is -0.461 e. The quantitative estimate of drug-likeness (QED) is 0.821. The predicted molar refractivity (Wildman–Crippen MR) is 92.2 cm³/mol. The molecule has 0 spiro atoms. The van der Waals surface area contributed by atoms with Crippen LogP contribution in [0.2, 0.25) is 0 Å². The number of benzene rings is 1. The molecule has 3 N–H and O–H groups in total. The average molecular weight is 325 g/mol. The fourth-order valence-corrected chi connectivity index (χ4v) is 2.60. The molecule has 0 radical (unpaired) electrons. The topological polar surface area (TPSA) is 68.3 Å². The second kappa shape index (κ2) is 8.20. The molecule has 4 nitrogen and oxygen atoms in total. The van der Waals surface area contributed by atoms with Crippen LogP contribution in [-0.4, -0.2) is 19.0 Å². The van der Waals surface area contributed by atoms with Crippen molar-refractivity contribution in [3.05, 3.63) is 36.1 Å². The normalized spacial score (nSPS) is 11.2. The Balaban J connectivity index is 0.00000242. The molecule has 1 aromatic carbocycles. The van der Waals surface area contributed by atoms with Crippen LogP contribution in [0, 0.1) is 5.41 Å². The Morgan fingerprint density at radius 1 is 1.27 bits per heavy atom. The van der Waals surface area contributed by atoms with E-state index < -0.39 is 5.41 Å². The maximum atomic E-state index is 12.3. The lowest BCUT2D eigenvalue weighted by molar-refractivity contribution is -0.131. The van der Waals surface area contributed by atoms with Gasteiger partial charge < -0.3 is 15.5 Å². The van der Waals surface area contributed by atoms with Gasteiger partial charge in [-0.25, -0.2) is 0 Å². The summed E-state index contributed by atoms with van der Waals surface area (Å²) in [4.78, 5) is 12.3. The molecule has 0 saturated heterocycles. The molecule has 0 aliphatic rings. The number of fused-ring (bicyclic) bond motifs is 1. The lowest BCUT2D eigenvalue weighted by Gasteiger charge is -2.28. The van der Waals surface area contributed by atoms with E-state index in [1.165, 1.54) is 0 Å². The molecule has 0 bridgehead atoms. The van der Waals surface area contributed by atoms with Crippen LogP contribution < -0.4 is 11.1 Å². The zero-order valence-electron chi connectivity index (χ0n) is 13.2. The van der Waals surface area contributed by atoms with Crippen molar-refractivity contribution >= 4 is 29.3 Å². The number of hydrogen-bond acceptors (Lipinski definition) is 3. The summed E-state index contributed by atoms with van der Waals surface area (Å²) in [5.74, 6) is 0.939. The highest BCUT2D eigenvalue weighted by Crippen LogP contribution is 2.25. The van der Waals surface area contributed by atoms with E-state index in [0.29, 0.717) is 19.5 Å². The summed E-state index contributed by atoms with van der Waals surface area (Å²) < 4.78 is 5.74. The van der Waals surface area contributed by atoms with Crippen molar-refractivity contribution in [3.8, 4) is 0 Å². The van der Waals surface area contributed by atoms with E-state index in [1.807, 2.05) is 44.2 Å². The van der Waals surface area contributed by atoms with E-state index in [0.717, 1.165) is 29.6 Å². The summed E-state index contributed by atoms with van der Waals surface area (Å²) in [5, 5.41) is 4.08. The third-order valence-corrected chi connectivity index (χ3v) is 4.36. The van der Waals surface area contributed by atoms with Gasteiger partial charge in [0.05, 0.1) is 5.41 Å². The van der Waals surface area contributed by atoms with Crippen molar-refractivity contribution in [1.82, 2.24) is 5.32 Å². The first-order chi connectivity index (χ1) is 10.1. The van der Waals surface area contributed by atoms with Crippen LogP contribution in [0.25, 0.3) is 11.0 Å². The molecule has 0 saturated carbocycles. The number of carbonyl (C=O) groups is 1. The summed E-state index contributed by atoms with van der Waals surface area (Å²) in [6.07, 6.45) is 2.21. The van der Waals surface area contributed by atoms with Crippen LogP contribution in [0.5, 0.6) is 0 Å². The van der Waals surface area contributed by atoms with Crippen molar-refractivity contribution in [2.45, 2.75) is 33.1 Å². The Morgan fingerprint density at radius 3 is 2.55 bits per heavy atom. The molecule has 1 aromatic heterocycles. The Hall–Kier alpha value is -1.52. The molecule has 0 fully saturated rings. The van der Waals surface area contributed by atoms with E-state index in [9.17, 15) is 4.79 Å². The summed E-state index contributed by atoms with van der Waals surface area (Å²) in [5.41, 5.74) is 6.23. The van der Waals surface area contributed by atoms with Crippen molar-refractivity contribution in [2.75, 3.05) is 13.1 Å². The van der Waals surface area contributed by atoms with Gasteiger partial charge in [-0.1, -0.05) is 32.0 Å². The highest BCUT2D eigenvalue weighted by Gasteiger charge is 2.32. The summed E-state index contributed by atoms with van der Waals surface area (Å²) in [6.45, 7) is 4.97. The van der Waals surface area contributed by atoms with Crippen LogP contribution in [0.3, 0.4) is 0 Å². The molecule has 0 aliphatic carbocycles. The summed E-state index contributed by atoms with van der Waals surface area (Å²) in [6, 6.07) is 9.94. The molecule has 22 heavy (non-hydrogen) atoms. The number of nitrogens with two attached hydrogens (primary N) is 1. The minimum atomic E-state index is -0.437. The van der Waals surface area contributed by atoms with Gasteiger partial charge >= 0.3 is 0 Å². The SMILES string of the molecule is CCC(CC)(CN)C(=O)NCCc1cc2ccccc2o1.Cl. The van der Waals surface area contributed by atoms with Crippen molar-refractivity contribution < 1.29 is 9.21 Å². The molecule has 2 rings (SSSR count). The molecule has 1 amide bonds. The monoisotopic (exact) mass is 324 g/mol. The van der Waals surface area contributed by atoms with Crippen molar-refractivity contribution in [2.24, 2.45) is 11.1 Å². The van der Waals surface area contributed by atoms with Crippen molar-refractivity contribution in [3.63, 3.8) is 0 Å². The number of para-hydroxylation sites is 1. The van der Waals surface area contributed by atoms with Gasteiger partial charge in [0.25, 0.3) is 0 Å². The Labute approximate surface area is 137 Å². The molecule has 5 heteroatoms. The van der Waals surface area contributed by atoms with Crippen molar-refractivity contribution in [1.29, 1.82) is 0 Å². The predicted octanol–water partition coefficient (Wildman–Crippen LogP) is 3.28. The Bertz CT molecular complexity index is 564. The van der Waals surface area contributed by atoms with E-state index >= 15 is 0 Å². The van der Waals surface area contributed by atoms with E-state index in [2.05, 4.69) is 5.32 Å². The highest BCUT2D eigenvalue weighted by molar-refractivity contribution is 5.85. The number of nitrogens with one attached hydrogen (secondary N) is 1. The van der Waals surface area contributed by atoms with Gasteiger partial charge in [0.15, 0.2) is 0 Å². The van der Waals surface area contributed by atoms with Crippen LogP contribution in [-0.2, 0) is 11.2 Å². The maximum absolute atomic E-state index is 12.3. The highest BCUT2D eigenvalue weighted by atomic mass is 35.5. The molecular formula is C17H25ClN2O2. The minimum absolute atomic E-state index is 0. The lowest BCUT2D eigenvalue weighted by atomic mass is 9.81. The first-order valence-corrected chi connectivity index (χ1v) is 7.61. The zero-order chi connectivity index (χ0) is 15.3. The Kier molecular flexibility index (Phi) is 6.91. The third-order valence-electron chi connectivity index (χ3n) is 4.36. The number of hydrogen-bond donors (Lipinski definition) is 2. The van der Waals surface area contributed by atoms with Gasteiger partial charge in [0, 0.05) is 24.9 Å². The van der Waals surface area contributed by atoms with E-state index in [1.54, 1.807) is 0 Å². The van der Waals surface area contributed by atoms with Crippen LogP contribution >= 0.6 is 12.4 Å². The van der Waals surface area contributed by atoms with Gasteiger partial charge in [0.2, 0.25) is 5.91 Å². The maximum Gasteiger partial charge on any atom is 0.227 e. The zero-order valence-corrected chi connectivity index (χ0v) is 14.0. The summed E-state index contributed by atoms with van der Waals surface area (Å²) in [7, 11) is 0. The van der Waals surface area contributed by atoms with E-state index in [-0.39, 0.29) is 18.3 Å². The van der Waals surface area contributed by atoms with Gasteiger partial charge in [-0.15, -0.1) is 12.4 Å². The van der Waals surface area contributed by atoms with Crippen LogP contribution in [0.4, 0.5) is 0 Å². The van der Waals surface area contributed by atoms with Gasteiger partial charge in [-0.2, -0.15) is 0 Å². The van der Waals surface area contributed by atoms with Gasteiger partial charge in [-0.05, 0) is 25.0 Å². The molecule has 0 unspecified atom stereocenters. The van der Waals surface area contributed by atoms with Gasteiger partial charge in [0.1, 0.15) is 11.3 Å². The first-order valence-electron chi connectivity index (χ1n) is 7.61. The second-order valence-electron chi connectivity index (χ2n) is 5.45. The number of furan rings is 1. The smallest absolute Gasteiger partial charge is 0.227 e. The Morgan fingerprint density at radius 2 is 1.95 bits per heavy atom.